The number of likely N-dealkylation sites (tertiary alicyclic amines) is 1. The average Bonchev–Trinajstić information content (AvgIpc) is 2.90. The Morgan fingerprint density at radius 2 is 2.22 bits per heavy atom. The first-order valence-corrected chi connectivity index (χ1v) is 8.64. The number of carbonyl (C=O) groups excluding carboxylic acids is 1. The number of rotatable bonds is 4. The van der Waals surface area contributed by atoms with Crippen molar-refractivity contribution in [1.29, 1.82) is 0 Å². The van der Waals surface area contributed by atoms with Gasteiger partial charge in [0, 0.05) is 17.5 Å². The lowest BCUT2D eigenvalue weighted by Crippen LogP contribution is -2.50. The number of aliphatic carboxylic acids is 1. The van der Waals surface area contributed by atoms with E-state index in [0.717, 1.165) is 17.7 Å². The van der Waals surface area contributed by atoms with Crippen molar-refractivity contribution in [3.8, 4) is 0 Å². The topological polar surface area (TPSA) is 78.9 Å². The maximum absolute atomic E-state index is 11.9. The Balaban J connectivity index is 1.99. The van der Waals surface area contributed by atoms with Gasteiger partial charge in [0.2, 0.25) is 0 Å². The molecule has 0 aliphatic carbocycles. The molecule has 2 heterocycles. The molecule has 1 aliphatic heterocycles. The third kappa shape index (κ3) is 5.21. The zero-order chi connectivity index (χ0) is 17.0. The number of hydrogen-bond acceptors (Lipinski definition) is 5. The Kier molecular flexibility index (Phi) is 5.64. The number of amides is 1. The minimum Gasteiger partial charge on any atom is -0.480 e. The SMILES string of the molecule is CC(C)(C)OC(=O)NC1CCCN(C(C(=O)O)c2cccs2)C1. The van der Waals surface area contributed by atoms with Crippen LogP contribution in [0.3, 0.4) is 0 Å². The second-order valence-corrected chi connectivity index (χ2v) is 7.72. The van der Waals surface area contributed by atoms with Crippen LogP contribution in [0.4, 0.5) is 4.79 Å². The van der Waals surface area contributed by atoms with Crippen LogP contribution in [0.1, 0.15) is 44.5 Å². The van der Waals surface area contributed by atoms with E-state index >= 15 is 0 Å². The van der Waals surface area contributed by atoms with Crippen LogP contribution < -0.4 is 5.32 Å². The van der Waals surface area contributed by atoms with Gasteiger partial charge in [0.15, 0.2) is 0 Å². The first-order valence-electron chi connectivity index (χ1n) is 7.76. The van der Waals surface area contributed by atoms with E-state index in [1.165, 1.54) is 11.3 Å². The molecule has 6 nitrogen and oxygen atoms in total. The van der Waals surface area contributed by atoms with Gasteiger partial charge in [0.25, 0.3) is 0 Å². The maximum Gasteiger partial charge on any atom is 0.407 e. The molecule has 1 fully saturated rings. The lowest BCUT2D eigenvalue weighted by atomic mass is 10.0. The minimum absolute atomic E-state index is 0.0968. The van der Waals surface area contributed by atoms with Crippen molar-refractivity contribution in [1.82, 2.24) is 10.2 Å². The molecule has 0 saturated carbocycles. The fraction of sp³-hybridized carbons (Fsp3) is 0.625. The first kappa shape index (κ1) is 17.7. The average molecular weight is 340 g/mol. The van der Waals surface area contributed by atoms with Crippen molar-refractivity contribution in [3.63, 3.8) is 0 Å². The van der Waals surface area contributed by atoms with E-state index < -0.39 is 23.7 Å². The number of alkyl carbamates (subject to hydrolysis) is 1. The number of carbonyl (C=O) groups is 2. The lowest BCUT2D eigenvalue weighted by molar-refractivity contribution is -0.144. The summed E-state index contributed by atoms with van der Waals surface area (Å²) in [6, 6.07) is 2.95. The van der Waals surface area contributed by atoms with Crippen molar-refractivity contribution in [3.05, 3.63) is 22.4 Å². The lowest BCUT2D eigenvalue weighted by Gasteiger charge is -2.36. The predicted octanol–water partition coefficient (Wildman–Crippen LogP) is 2.86. The molecule has 1 aromatic heterocycles. The van der Waals surface area contributed by atoms with E-state index in [1.807, 2.05) is 43.2 Å². The molecule has 0 radical (unpaired) electrons. The molecule has 0 spiro atoms. The number of thiophene rings is 1. The normalized spacial score (nSPS) is 20.7. The van der Waals surface area contributed by atoms with Crippen LogP contribution in [0.5, 0.6) is 0 Å². The van der Waals surface area contributed by atoms with Gasteiger partial charge in [-0.2, -0.15) is 0 Å². The Labute approximate surface area is 140 Å². The highest BCUT2D eigenvalue weighted by atomic mass is 32.1. The smallest absolute Gasteiger partial charge is 0.407 e. The highest BCUT2D eigenvalue weighted by Crippen LogP contribution is 2.28. The monoisotopic (exact) mass is 340 g/mol. The highest BCUT2D eigenvalue weighted by Gasteiger charge is 2.33. The molecule has 2 unspecified atom stereocenters. The van der Waals surface area contributed by atoms with E-state index in [-0.39, 0.29) is 6.04 Å². The number of hydrogen-bond donors (Lipinski definition) is 2. The molecule has 2 atom stereocenters. The van der Waals surface area contributed by atoms with Crippen molar-refractivity contribution in [2.45, 2.75) is 51.3 Å². The molecule has 0 bridgehead atoms. The van der Waals surface area contributed by atoms with Crippen LogP contribution in [0, 0.1) is 0 Å². The maximum atomic E-state index is 11.9. The van der Waals surface area contributed by atoms with Gasteiger partial charge in [0.05, 0.1) is 0 Å². The van der Waals surface area contributed by atoms with E-state index in [1.54, 1.807) is 0 Å². The van der Waals surface area contributed by atoms with Crippen molar-refractivity contribution in [2.24, 2.45) is 0 Å². The third-order valence-corrected chi connectivity index (χ3v) is 4.51. The Bertz CT molecular complexity index is 539. The van der Waals surface area contributed by atoms with Gasteiger partial charge >= 0.3 is 12.1 Å². The third-order valence-electron chi connectivity index (χ3n) is 3.59. The van der Waals surface area contributed by atoms with Crippen molar-refractivity contribution < 1.29 is 19.4 Å². The Hall–Kier alpha value is -1.60. The van der Waals surface area contributed by atoms with Crippen LogP contribution >= 0.6 is 11.3 Å². The van der Waals surface area contributed by atoms with Crippen LogP contribution in [0.2, 0.25) is 0 Å². The van der Waals surface area contributed by atoms with Crippen LogP contribution in [-0.2, 0) is 9.53 Å². The summed E-state index contributed by atoms with van der Waals surface area (Å²) in [5.74, 6) is -0.856. The quantitative estimate of drug-likeness (QED) is 0.881. The second kappa shape index (κ2) is 7.31. The fourth-order valence-electron chi connectivity index (χ4n) is 2.74. The Morgan fingerprint density at radius 3 is 2.78 bits per heavy atom. The van der Waals surface area contributed by atoms with E-state index in [9.17, 15) is 14.7 Å². The molecule has 0 aromatic carbocycles. The zero-order valence-corrected chi connectivity index (χ0v) is 14.6. The van der Waals surface area contributed by atoms with Gasteiger partial charge in [-0.15, -0.1) is 11.3 Å². The number of nitrogens with zero attached hydrogens (tertiary/aromatic N) is 1. The number of ether oxygens (including phenoxy) is 1. The summed E-state index contributed by atoms with van der Waals surface area (Å²) in [6.45, 7) is 6.67. The van der Waals surface area contributed by atoms with Crippen LogP contribution in [0.15, 0.2) is 17.5 Å². The molecule has 2 rings (SSSR count). The molecule has 23 heavy (non-hydrogen) atoms. The van der Waals surface area contributed by atoms with Gasteiger partial charge in [-0.25, -0.2) is 4.79 Å². The van der Waals surface area contributed by atoms with E-state index in [2.05, 4.69) is 5.32 Å². The molecular weight excluding hydrogens is 316 g/mol. The minimum atomic E-state index is -0.856. The molecular formula is C16H24N2O4S. The summed E-state index contributed by atoms with van der Waals surface area (Å²) in [4.78, 5) is 26.3. The highest BCUT2D eigenvalue weighted by molar-refractivity contribution is 7.10. The van der Waals surface area contributed by atoms with Gasteiger partial charge in [-0.1, -0.05) is 6.07 Å². The first-order chi connectivity index (χ1) is 10.8. The summed E-state index contributed by atoms with van der Waals surface area (Å²) < 4.78 is 5.27. The molecule has 1 amide bonds. The van der Waals surface area contributed by atoms with E-state index in [0.29, 0.717) is 13.1 Å². The molecule has 7 heteroatoms. The number of piperidine rings is 1. The Morgan fingerprint density at radius 1 is 1.48 bits per heavy atom. The van der Waals surface area contributed by atoms with Gasteiger partial charge in [-0.05, 0) is 51.6 Å². The summed E-state index contributed by atoms with van der Waals surface area (Å²) in [7, 11) is 0. The largest absolute Gasteiger partial charge is 0.480 e. The van der Waals surface area contributed by atoms with Crippen LogP contribution in [0.25, 0.3) is 0 Å². The molecule has 1 aromatic rings. The summed E-state index contributed by atoms with van der Waals surface area (Å²) >= 11 is 1.44. The van der Waals surface area contributed by atoms with Crippen LogP contribution in [-0.4, -0.2) is 46.8 Å². The fourth-order valence-corrected chi connectivity index (χ4v) is 3.59. The summed E-state index contributed by atoms with van der Waals surface area (Å²) in [6.07, 6.45) is 1.22. The summed E-state index contributed by atoms with van der Waals surface area (Å²) in [5, 5.41) is 14.3. The predicted molar refractivity (Wildman–Crippen MR) is 88.7 cm³/mol. The second-order valence-electron chi connectivity index (χ2n) is 6.74. The zero-order valence-electron chi connectivity index (χ0n) is 13.7. The van der Waals surface area contributed by atoms with Gasteiger partial charge < -0.3 is 15.2 Å². The number of carboxylic acid groups (broad SMARTS) is 1. The van der Waals surface area contributed by atoms with Crippen molar-refractivity contribution >= 4 is 23.4 Å². The molecule has 1 saturated heterocycles. The number of nitrogens with one attached hydrogen (secondary N) is 1. The molecule has 1 aliphatic rings. The van der Waals surface area contributed by atoms with Crippen molar-refractivity contribution in [2.75, 3.05) is 13.1 Å². The van der Waals surface area contributed by atoms with Gasteiger partial charge in [-0.3, -0.25) is 9.69 Å². The summed E-state index contributed by atoms with van der Waals surface area (Å²) in [5.41, 5.74) is -0.543. The number of carboxylic acids is 1. The standard InChI is InChI=1S/C16H24N2O4S/c1-16(2,3)22-15(21)17-11-6-4-8-18(10-11)13(14(19)20)12-7-5-9-23-12/h5,7,9,11,13H,4,6,8,10H2,1-3H3,(H,17,21)(H,19,20). The van der Waals surface area contributed by atoms with Gasteiger partial charge in [0.1, 0.15) is 11.6 Å². The molecule has 2 N–H and O–H groups in total. The van der Waals surface area contributed by atoms with E-state index in [4.69, 9.17) is 4.74 Å². The molecule has 128 valence electrons.